The maximum Gasteiger partial charge on any atom is 0.185 e. The molecule has 0 saturated carbocycles. The number of allylic oxidation sites excluding steroid dienone is 1. The van der Waals surface area contributed by atoms with E-state index in [1.165, 1.54) is 6.08 Å². The smallest absolute Gasteiger partial charge is 0.185 e. The Morgan fingerprint density at radius 3 is 2.68 bits per heavy atom. The first-order valence-corrected chi connectivity index (χ1v) is 8.30. The standard InChI is InChI=1S/C21H21NO3/c1-3-12-25-20-11-9-16(14-21(20)24-4-2)8-10-19(23)18-7-5-6-17(13-18)15-22/h5-11,13-14H,3-4,12H2,1-2H3/b10-8+. The minimum atomic E-state index is -0.152. The van der Waals surface area contributed by atoms with Crippen molar-refractivity contribution >= 4 is 11.9 Å². The van der Waals surface area contributed by atoms with Crippen LogP contribution in [0.15, 0.2) is 48.5 Å². The molecule has 4 heteroatoms. The number of carbonyl (C=O) groups is 1. The first-order valence-electron chi connectivity index (χ1n) is 8.30. The van der Waals surface area contributed by atoms with E-state index in [1.807, 2.05) is 38.1 Å². The molecule has 128 valence electrons. The van der Waals surface area contributed by atoms with Gasteiger partial charge < -0.3 is 9.47 Å². The van der Waals surface area contributed by atoms with Gasteiger partial charge >= 0.3 is 0 Å². The molecule has 0 aliphatic heterocycles. The number of benzene rings is 2. The molecule has 0 amide bonds. The van der Waals surface area contributed by atoms with Crippen molar-refractivity contribution in [3.8, 4) is 17.6 Å². The van der Waals surface area contributed by atoms with Gasteiger partial charge in [-0.15, -0.1) is 0 Å². The highest BCUT2D eigenvalue weighted by molar-refractivity contribution is 6.07. The maximum absolute atomic E-state index is 12.3. The summed E-state index contributed by atoms with van der Waals surface area (Å²) in [6.45, 7) is 5.13. The Morgan fingerprint density at radius 1 is 1.12 bits per heavy atom. The molecule has 2 aromatic rings. The summed E-state index contributed by atoms with van der Waals surface area (Å²) in [4.78, 5) is 12.3. The lowest BCUT2D eigenvalue weighted by Crippen LogP contribution is -2.00. The van der Waals surface area contributed by atoms with Gasteiger partial charge in [0.25, 0.3) is 0 Å². The van der Waals surface area contributed by atoms with Crippen LogP contribution >= 0.6 is 0 Å². The lowest BCUT2D eigenvalue weighted by molar-refractivity contribution is 0.104. The van der Waals surface area contributed by atoms with E-state index in [-0.39, 0.29) is 5.78 Å². The fourth-order valence-electron chi connectivity index (χ4n) is 2.24. The van der Waals surface area contributed by atoms with Gasteiger partial charge in [0.15, 0.2) is 17.3 Å². The highest BCUT2D eigenvalue weighted by atomic mass is 16.5. The van der Waals surface area contributed by atoms with Crippen LogP contribution in [0.5, 0.6) is 11.5 Å². The Hall–Kier alpha value is -3.06. The zero-order chi connectivity index (χ0) is 18.1. The number of nitrogens with zero attached hydrogens (tertiary/aromatic N) is 1. The molecule has 25 heavy (non-hydrogen) atoms. The van der Waals surface area contributed by atoms with Crippen LogP contribution in [0, 0.1) is 11.3 Å². The third-order valence-corrected chi connectivity index (χ3v) is 3.43. The summed E-state index contributed by atoms with van der Waals surface area (Å²) in [5, 5.41) is 8.92. The Labute approximate surface area is 148 Å². The van der Waals surface area contributed by atoms with E-state index in [0.29, 0.717) is 35.8 Å². The van der Waals surface area contributed by atoms with Gasteiger partial charge in [-0.25, -0.2) is 0 Å². The number of hydrogen-bond donors (Lipinski definition) is 0. The molecule has 0 heterocycles. The molecule has 2 rings (SSSR count). The molecular formula is C21H21NO3. The van der Waals surface area contributed by atoms with E-state index in [2.05, 4.69) is 0 Å². The fraction of sp³-hybridized carbons (Fsp3) is 0.238. The van der Waals surface area contributed by atoms with Gasteiger partial charge in [0.2, 0.25) is 0 Å². The number of hydrogen-bond acceptors (Lipinski definition) is 4. The number of rotatable bonds is 8. The van der Waals surface area contributed by atoms with Gasteiger partial charge in [-0.3, -0.25) is 4.79 Å². The van der Waals surface area contributed by atoms with Crippen molar-refractivity contribution in [1.82, 2.24) is 0 Å². The van der Waals surface area contributed by atoms with Gasteiger partial charge in [0.05, 0.1) is 24.8 Å². The SMILES string of the molecule is CCCOc1ccc(/C=C/C(=O)c2cccc(C#N)c2)cc1OCC. The van der Waals surface area contributed by atoms with Crippen molar-refractivity contribution in [3.63, 3.8) is 0 Å². The molecule has 4 nitrogen and oxygen atoms in total. The second kappa shape index (κ2) is 9.29. The predicted octanol–water partition coefficient (Wildman–Crippen LogP) is 4.64. The van der Waals surface area contributed by atoms with Crippen molar-refractivity contribution in [3.05, 3.63) is 65.2 Å². The summed E-state index contributed by atoms with van der Waals surface area (Å²) in [5.74, 6) is 1.22. The highest BCUT2D eigenvalue weighted by Crippen LogP contribution is 2.29. The normalized spacial score (nSPS) is 10.4. The minimum absolute atomic E-state index is 0.152. The fourth-order valence-corrected chi connectivity index (χ4v) is 2.24. The molecule has 0 saturated heterocycles. The van der Waals surface area contributed by atoms with E-state index < -0.39 is 0 Å². The summed E-state index contributed by atoms with van der Waals surface area (Å²) in [6.07, 6.45) is 4.14. The number of ketones is 1. The van der Waals surface area contributed by atoms with Crippen LogP contribution in [0.1, 0.15) is 41.8 Å². The van der Waals surface area contributed by atoms with Crippen LogP contribution in [0.2, 0.25) is 0 Å². The predicted molar refractivity (Wildman–Crippen MR) is 97.9 cm³/mol. The summed E-state index contributed by atoms with van der Waals surface area (Å²) < 4.78 is 11.3. The molecule has 0 N–H and O–H groups in total. The Morgan fingerprint density at radius 2 is 1.96 bits per heavy atom. The summed E-state index contributed by atoms with van der Waals surface area (Å²) in [7, 11) is 0. The van der Waals surface area contributed by atoms with Gasteiger partial charge in [-0.2, -0.15) is 5.26 Å². The van der Waals surface area contributed by atoms with Crippen LogP contribution in [0.25, 0.3) is 6.08 Å². The molecule has 0 atom stereocenters. The Balaban J connectivity index is 2.18. The second-order valence-electron chi connectivity index (χ2n) is 5.38. The molecule has 0 radical (unpaired) electrons. The van der Waals surface area contributed by atoms with E-state index in [9.17, 15) is 4.79 Å². The van der Waals surface area contributed by atoms with Crippen molar-refractivity contribution in [2.45, 2.75) is 20.3 Å². The monoisotopic (exact) mass is 335 g/mol. The third-order valence-electron chi connectivity index (χ3n) is 3.43. The summed E-state index contributed by atoms with van der Waals surface area (Å²) >= 11 is 0. The van der Waals surface area contributed by atoms with Crippen molar-refractivity contribution in [2.75, 3.05) is 13.2 Å². The topological polar surface area (TPSA) is 59.3 Å². The van der Waals surface area contributed by atoms with Gasteiger partial charge in [0.1, 0.15) is 0 Å². The number of ether oxygens (including phenoxy) is 2. The molecule has 2 aromatic carbocycles. The largest absolute Gasteiger partial charge is 0.490 e. The molecule has 0 unspecified atom stereocenters. The van der Waals surface area contributed by atoms with Crippen LogP contribution in [-0.4, -0.2) is 19.0 Å². The average Bonchev–Trinajstić information content (AvgIpc) is 2.65. The summed E-state index contributed by atoms with van der Waals surface area (Å²) in [6, 6.07) is 14.3. The second-order valence-corrected chi connectivity index (χ2v) is 5.38. The molecule has 0 fully saturated rings. The maximum atomic E-state index is 12.3. The Kier molecular flexibility index (Phi) is 6.79. The quantitative estimate of drug-likeness (QED) is 0.521. The molecule has 0 aromatic heterocycles. The first-order chi connectivity index (χ1) is 12.2. The zero-order valence-corrected chi connectivity index (χ0v) is 14.5. The third kappa shape index (κ3) is 5.22. The highest BCUT2D eigenvalue weighted by Gasteiger charge is 2.06. The number of nitriles is 1. The van der Waals surface area contributed by atoms with Gasteiger partial charge in [0, 0.05) is 5.56 Å². The average molecular weight is 335 g/mol. The molecular weight excluding hydrogens is 314 g/mol. The van der Waals surface area contributed by atoms with Crippen LogP contribution in [-0.2, 0) is 0 Å². The van der Waals surface area contributed by atoms with Crippen LogP contribution < -0.4 is 9.47 Å². The van der Waals surface area contributed by atoms with E-state index in [0.717, 1.165) is 12.0 Å². The van der Waals surface area contributed by atoms with E-state index >= 15 is 0 Å². The van der Waals surface area contributed by atoms with Crippen molar-refractivity contribution in [2.24, 2.45) is 0 Å². The zero-order valence-electron chi connectivity index (χ0n) is 14.5. The molecule has 0 aliphatic rings. The van der Waals surface area contributed by atoms with Crippen LogP contribution in [0.3, 0.4) is 0 Å². The van der Waals surface area contributed by atoms with E-state index in [1.54, 1.807) is 30.3 Å². The van der Waals surface area contributed by atoms with Crippen LogP contribution in [0.4, 0.5) is 0 Å². The molecule has 0 spiro atoms. The van der Waals surface area contributed by atoms with Gasteiger partial charge in [-0.05, 0) is 49.2 Å². The minimum Gasteiger partial charge on any atom is -0.490 e. The van der Waals surface area contributed by atoms with Crippen molar-refractivity contribution < 1.29 is 14.3 Å². The number of carbonyl (C=O) groups excluding carboxylic acids is 1. The van der Waals surface area contributed by atoms with E-state index in [4.69, 9.17) is 14.7 Å². The molecule has 0 aliphatic carbocycles. The molecule has 0 bridgehead atoms. The van der Waals surface area contributed by atoms with Gasteiger partial charge in [-0.1, -0.05) is 31.2 Å². The lowest BCUT2D eigenvalue weighted by Gasteiger charge is -2.12. The Bertz CT molecular complexity index is 803. The summed E-state index contributed by atoms with van der Waals surface area (Å²) in [5.41, 5.74) is 1.80. The first kappa shape index (κ1) is 18.3. The lowest BCUT2D eigenvalue weighted by atomic mass is 10.1. The van der Waals surface area contributed by atoms with Crippen molar-refractivity contribution in [1.29, 1.82) is 5.26 Å².